The fourth-order valence-electron chi connectivity index (χ4n) is 2.91. The van der Waals surface area contributed by atoms with Crippen molar-refractivity contribution < 1.29 is 9.59 Å². The third kappa shape index (κ3) is 3.70. The lowest BCUT2D eigenvalue weighted by molar-refractivity contribution is -0.134. The number of nitrogens with two attached hydrogens (primary N) is 1. The van der Waals surface area contributed by atoms with Crippen LogP contribution in [0.25, 0.3) is 0 Å². The molecule has 1 saturated heterocycles. The van der Waals surface area contributed by atoms with Crippen molar-refractivity contribution in [3.05, 3.63) is 24.3 Å². The summed E-state index contributed by atoms with van der Waals surface area (Å²) in [5, 5.41) is 2.56. The first kappa shape index (κ1) is 14.8. The van der Waals surface area contributed by atoms with Crippen LogP contribution in [0.15, 0.2) is 24.3 Å². The summed E-state index contributed by atoms with van der Waals surface area (Å²) in [5.41, 5.74) is 6.23. The lowest BCUT2D eigenvalue weighted by Gasteiger charge is -2.40. The first-order valence-corrected chi connectivity index (χ1v) is 7.19. The zero-order valence-electron chi connectivity index (χ0n) is 11.9. The zero-order chi connectivity index (χ0) is 14.5. The van der Waals surface area contributed by atoms with Crippen molar-refractivity contribution in [1.29, 1.82) is 0 Å². The smallest absolute Gasteiger partial charge is 0.241 e. The Morgan fingerprint density at radius 3 is 2.85 bits per heavy atom. The maximum absolute atomic E-state index is 12.1. The summed E-state index contributed by atoms with van der Waals surface area (Å²) < 4.78 is 0. The van der Waals surface area contributed by atoms with E-state index in [1.807, 2.05) is 11.0 Å². The normalized spacial score (nSPS) is 29.3. The van der Waals surface area contributed by atoms with Gasteiger partial charge in [-0.25, -0.2) is 0 Å². The molecule has 2 rings (SSSR count). The minimum atomic E-state index is -0.177. The highest BCUT2D eigenvalue weighted by molar-refractivity contribution is 5.83. The average Bonchev–Trinajstić information content (AvgIpc) is 2.46. The van der Waals surface area contributed by atoms with E-state index in [4.69, 9.17) is 5.73 Å². The molecule has 5 heteroatoms. The maximum Gasteiger partial charge on any atom is 0.241 e. The second-order valence-corrected chi connectivity index (χ2v) is 5.58. The SMILES string of the molecule is CC(=O)NCC(=O)N1CC[C@H](N)[C@H](C2C=CC=CC2)C1. The minimum Gasteiger partial charge on any atom is -0.347 e. The number of nitrogens with one attached hydrogen (secondary N) is 1. The van der Waals surface area contributed by atoms with E-state index in [0.29, 0.717) is 24.9 Å². The van der Waals surface area contributed by atoms with E-state index in [2.05, 4.69) is 23.5 Å². The monoisotopic (exact) mass is 277 g/mol. The van der Waals surface area contributed by atoms with Crippen LogP contribution in [0.1, 0.15) is 19.8 Å². The van der Waals surface area contributed by atoms with Crippen LogP contribution in [0.3, 0.4) is 0 Å². The zero-order valence-corrected chi connectivity index (χ0v) is 11.9. The van der Waals surface area contributed by atoms with E-state index >= 15 is 0 Å². The van der Waals surface area contributed by atoms with E-state index < -0.39 is 0 Å². The largest absolute Gasteiger partial charge is 0.347 e. The second-order valence-electron chi connectivity index (χ2n) is 5.58. The molecule has 1 aliphatic carbocycles. The van der Waals surface area contributed by atoms with Gasteiger partial charge in [-0.15, -0.1) is 0 Å². The van der Waals surface area contributed by atoms with Crippen LogP contribution in [-0.2, 0) is 9.59 Å². The van der Waals surface area contributed by atoms with Crippen molar-refractivity contribution in [2.45, 2.75) is 25.8 Å². The van der Waals surface area contributed by atoms with Crippen molar-refractivity contribution in [3.8, 4) is 0 Å². The van der Waals surface area contributed by atoms with Gasteiger partial charge in [0.25, 0.3) is 0 Å². The number of likely N-dealkylation sites (tertiary alicyclic amines) is 1. The van der Waals surface area contributed by atoms with E-state index in [1.165, 1.54) is 6.92 Å². The van der Waals surface area contributed by atoms with Gasteiger partial charge in [0.15, 0.2) is 0 Å². The molecule has 5 nitrogen and oxygen atoms in total. The van der Waals surface area contributed by atoms with E-state index in [9.17, 15) is 9.59 Å². The Hall–Kier alpha value is -1.62. The van der Waals surface area contributed by atoms with E-state index in [-0.39, 0.29) is 24.4 Å². The molecule has 0 spiro atoms. The van der Waals surface area contributed by atoms with Gasteiger partial charge in [0.1, 0.15) is 0 Å². The van der Waals surface area contributed by atoms with Crippen LogP contribution in [0, 0.1) is 11.8 Å². The standard InChI is InChI=1S/C15H23N3O2/c1-11(19)17-9-15(20)18-8-7-14(16)13(10-18)12-5-3-2-4-6-12/h2-5,12-14H,6-10,16H2,1H3,(H,17,19)/t12?,13-,14-/m0/s1. The summed E-state index contributed by atoms with van der Waals surface area (Å²) in [6.07, 6.45) is 10.2. The molecular weight excluding hydrogens is 254 g/mol. The van der Waals surface area contributed by atoms with Crippen LogP contribution in [0.4, 0.5) is 0 Å². The van der Waals surface area contributed by atoms with Gasteiger partial charge in [0.2, 0.25) is 11.8 Å². The Balaban J connectivity index is 1.93. The van der Waals surface area contributed by atoms with Crippen molar-refractivity contribution in [1.82, 2.24) is 10.2 Å². The maximum atomic E-state index is 12.1. The summed E-state index contributed by atoms with van der Waals surface area (Å²) >= 11 is 0. The van der Waals surface area contributed by atoms with Gasteiger partial charge in [0, 0.05) is 26.1 Å². The number of nitrogens with zero attached hydrogens (tertiary/aromatic N) is 1. The van der Waals surface area contributed by atoms with Gasteiger partial charge >= 0.3 is 0 Å². The molecule has 0 bridgehead atoms. The van der Waals surface area contributed by atoms with Crippen molar-refractivity contribution >= 4 is 11.8 Å². The number of carbonyl (C=O) groups excluding carboxylic acids is 2. The van der Waals surface area contributed by atoms with Crippen molar-refractivity contribution in [2.75, 3.05) is 19.6 Å². The number of rotatable bonds is 3. The third-order valence-corrected chi connectivity index (χ3v) is 4.12. The molecule has 1 aliphatic heterocycles. The van der Waals surface area contributed by atoms with Gasteiger partial charge < -0.3 is 16.0 Å². The first-order valence-electron chi connectivity index (χ1n) is 7.19. The van der Waals surface area contributed by atoms with Crippen molar-refractivity contribution in [3.63, 3.8) is 0 Å². The van der Waals surface area contributed by atoms with E-state index in [0.717, 1.165) is 12.8 Å². The van der Waals surface area contributed by atoms with Crippen molar-refractivity contribution in [2.24, 2.45) is 17.6 Å². The number of carbonyl (C=O) groups is 2. The molecule has 0 aromatic rings. The molecule has 0 aromatic heterocycles. The van der Waals surface area contributed by atoms with Gasteiger partial charge in [-0.1, -0.05) is 24.3 Å². The molecule has 110 valence electrons. The second kappa shape index (κ2) is 6.70. The summed E-state index contributed by atoms with van der Waals surface area (Å²) in [7, 11) is 0. The lowest BCUT2D eigenvalue weighted by Crippen LogP contribution is -2.53. The van der Waals surface area contributed by atoms with Gasteiger partial charge in [-0.2, -0.15) is 0 Å². The van der Waals surface area contributed by atoms with Gasteiger partial charge in [-0.3, -0.25) is 9.59 Å². The fourth-order valence-corrected chi connectivity index (χ4v) is 2.91. The number of allylic oxidation sites excluding steroid dienone is 4. The number of hydrogen-bond donors (Lipinski definition) is 2. The van der Waals surface area contributed by atoms with Crippen LogP contribution in [0.2, 0.25) is 0 Å². The molecule has 3 atom stereocenters. The lowest BCUT2D eigenvalue weighted by atomic mass is 9.79. The van der Waals surface area contributed by atoms with Crippen LogP contribution >= 0.6 is 0 Å². The van der Waals surface area contributed by atoms with Crippen LogP contribution < -0.4 is 11.1 Å². The molecule has 0 aromatic carbocycles. The predicted octanol–water partition coefficient (Wildman–Crippen LogP) is 0.431. The predicted molar refractivity (Wildman–Crippen MR) is 77.7 cm³/mol. The minimum absolute atomic E-state index is 0.0209. The number of amides is 2. The first-order chi connectivity index (χ1) is 9.58. The molecule has 2 aliphatic rings. The highest BCUT2D eigenvalue weighted by Crippen LogP contribution is 2.28. The summed E-state index contributed by atoms with van der Waals surface area (Å²) in [5.74, 6) is 0.508. The van der Waals surface area contributed by atoms with Gasteiger partial charge in [0.05, 0.1) is 6.54 Å². The highest BCUT2D eigenvalue weighted by atomic mass is 16.2. The Morgan fingerprint density at radius 2 is 2.20 bits per heavy atom. The van der Waals surface area contributed by atoms with Gasteiger partial charge in [-0.05, 0) is 24.7 Å². The number of piperidine rings is 1. The fraction of sp³-hybridized carbons (Fsp3) is 0.600. The topological polar surface area (TPSA) is 75.4 Å². The molecule has 0 radical (unpaired) electrons. The Bertz CT molecular complexity index is 431. The quantitative estimate of drug-likeness (QED) is 0.785. The molecule has 1 fully saturated rings. The number of hydrogen-bond acceptors (Lipinski definition) is 3. The molecule has 20 heavy (non-hydrogen) atoms. The summed E-state index contributed by atoms with van der Waals surface area (Å²) in [6.45, 7) is 2.86. The average molecular weight is 277 g/mol. The highest BCUT2D eigenvalue weighted by Gasteiger charge is 2.33. The Kier molecular flexibility index (Phi) is 4.95. The Labute approximate surface area is 119 Å². The molecule has 1 heterocycles. The van der Waals surface area contributed by atoms with Crippen LogP contribution in [0.5, 0.6) is 0 Å². The summed E-state index contributed by atoms with van der Waals surface area (Å²) in [6, 6.07) is 0.140. The van der Waals surface area contributed by atoms with E-state index in [1.54, 1.807) is 0 Å². The molecular formula is C15H23N3O2. The Morgan fingerprint density at radius 1 is 1.40 bits per heavy atom. The van der Waals surface area contributed by atoms with Crippen LogP contribution in [-0.4, -0.2) is 42.4 Å². The molecule has 2 amide bonds. The molecule has 0 saturated carbocycles. The summed E-state index contributed by atoms with van der Waals surface area (Å²) in [4.78, 5) is 24.8. The third-order valence-electron chi connectivity index (χ3n) is 4.12. The molecule has 3 N–H and O–H groups in total. The molecule has 1 unspecified atom stereocenters.